The van der Waals surface area contributed by atoms with E-state index >= 15 is 0 Å². The van der Waals surface area contributed by atoms with Crippen molar-refractivity contribution >= 4 is 0 Å². The van der Waals surface area contributed by atoms with Crippen LogP contribution in [0.15, 0.2) is 36.8 Å². The topological polar surface area (TPSA) is 106 Å². The smallest absolute Gasteiger partial charge is 0.159 e. The molecule has 0 amide bonds. The summed E-state index contributed by atoms with van der Waals surface area (Å²) < 4.78 is 1.82. The predicted octanol–water partition coefficient (Wildman–Crippen LogP) is 2.03. The van der Waals surface area contributed by atoms with E-state index in [1.165, 1.54) is 12.8 Å². The number of rotatable bonds is 6. The maximum atomic E-state index is 9.24. The molecule has 7 heteroatoms. The molecule has 0 aliphatic heterocycles. The van der Waals surface area contributed by atoms with Gasteiger partial charge in [-0.1, -0.05) is 5.21 Å². The standard InChI is InChI=1S/C19H19N7/c20-6-5-14-9-22-19(23-10-14)17-4-1-13(8-21)7-16(17)11-26-12-18(24-25-26)15-2-3-15/h1,4,7,9-10,12,15H,2-3,5-6,11,20H2. The van der Waals surface area contributed by atoms with E-state index in [-0.39, 0.29) is 0 Å². The molecule has 0 radical (unpaired) electrons. The number of nitriles is 1. The molecule has 2 N–H and O–H groups in total. The van der Waals surface area contributed by atoms with Crippen LogP contribution in [-0.4, -0.2) is 31.5 Å². The van der Waals surface area contributed by atoms with Crippen LogP contribution in [-0.2, 0) is 13.0 Å². The Morgan fingerprint density at radius 2 is 2.04 bits per heavy atom. The molecule has 1 saturated carbocycles. The third-order valence-corrected chi connectivity index (χ3v) is 4.50. The minimum Gasteiger partial charge on any atom is -0.330 e. The Kier molecular flexibility index (Phi) is 4.42. The molecule has 7 nitrogen and oxygen atoms in total. The van der Waals surface area contributed by atoms with Gasteiger partial charge in [-0.2, -0.15) is 5.26 Å². The van der Waals surface area contributed by atoms with Crippen LogP contribution >= 0.6 is 0 Å². The minimum atomic E-state index is 0.526. The number of aromatic nitrogens is 5. The van der Waals surface area contributed by atoms with Gasteiger partial charge in [0.15, 0.2) is 5.82 Å². The quantitative estimate of drug-likeness (QED) is 0.732. The summed E-state index contributed by atoms with van der Waals surface area (Å²) in [7, 11) is 0. The summed E-state index contributed by atoms with van der Waals surface area (Å²) in [6.45, 7) is 1.10. The Morgan fingerprint density at radius 3 is 2.73 bits per heavy atom. The van der Waals surface area contributed by atoms with Gasteiger partial charge in [-0.3, -0.25) is 0 Å². The van der Waals surface area contributed by atoms with Crippen molar-refractivity contribution in [3.63, 3.8) is 0 Å². The van der Waals surface area contributed by atoms with Crippen molar-refractivity contribution in [2.24, 2.45) is 5.73 Å². The first-order valence-electron chi connectivity index (χ1n) is 8.71. The maximum absolute atomic E-state index is 9.24. The van der Waals surface area contributed by atoms with Gasteiger partial charge < -0.3 is 5.73 Å². The SMILES string of the molecule is N#Cc1ccc(-c2ncc(CCN)cn2)c(Cn2cc(C3CC3)nn2)c1. The molecule has 0 atom stereocenters. The zero-order chi connectivity index (χ0) is 17.9. The van der Waals surface area contributed by atoms with Gasteiger partial charge in [0.1, 0.15) is 0 Å². The summed E-state index contributed by atoms with van der Waals surface area (Å²) in [5, 5.41) is 17.7. The molecular formula is C19H19N7. The minimum absolute atomic E-state index is 0.526. The third-order valence-electron chi connectivity index (χ3n) is 4.50. The zero-order valence-corrected chi connectivity index (χ0v) is 14.3. The van der Waals surface area contributed by atoms with Gasteiger partial charge in [0.05, 0.1) is 23.9 Å². The molecule has 4 rings (SSSR count). The molecule has 1 aliphatic carbocycles. The van der Waals surface area contributed by atoms with Gasteiger partial charge in [0.25, 0.3) is 0 Å². The lowest BCUT2D eigenvalue weighted by atomic mass is 10.0. The summed E-state index contributed by atoms with van der Waals surface area (Å²) in [6, 6.07) is 7.74. The molecule has 2 heterocycles. The summed E-state index contributed by atoms with van der Waals surface area (Å²) in [5.74, 6) is 1.19. The number of nitrogens with two attached hydrogens (primary N) is 1. The van der Waals surface area contributed by atoms with Gasteiger partial charge in [0.2, 0.25) is 0 Å². The molecule has 1 fully saturated rings. The Bertz CT molecular complexity index is 949. The van der Waals surface area contributed by atoms with Gasteiger partial charge >= 0.3 is 0 Å². The maximum Gasteiger partial charge on any atom is 0.159 e. The predicted molar refractivity (Wildman–Crippen MR) is 96.0 cm³/mol. The molecule has 0 bridgehead atoms. The van der Waals surface area contributed by atoms with Crippen LogP contribution in [0, 0.1) is 11.3 Å². The van der Waals surface area contributed by atoms with Crippen LogP contribution in [0.4, 0.5) is 0 Å². The number of hydrogen-bond acceptors (Lipinski definition) is 6. The lowest BCUT2D eigenvalue weighted by Crippen LogP contribution is -2.06. The highest BCUT2D eigenvalue weighted by molar-refractivity contribution is 5.62. The monoisotopic (exact) mass is 345 g/mol. The highest BCUT2D eigenvalue weighted by Gasteiger charge is 2.26. The van der Waals surface area contributed by atoms with Crippen molar-refractivity contribution in [2.75, 3.05) is 6.54 Å². The number of nitrogens with zero attached hydrogens (tertiary/aromatic N) is 6. The van der Waals surface area contributed by atoms with E-state index in [2.05, 4.69) is 26.3 Å². The second-order valence-corrected chi connectivity index (χ2v) is 6.55. The highest BCUT2D eigenvalue weighted by atomic mass is 15.4. The molecule has 3 aromatic rings. The molecule has 2 aromatic heterocycles. The summed E-state index contributed by atoms with van der Waals surface area (Å²) in [5.41, 5.74) is 10.1. The largest absolute Gasteiger partial charge is 0.330 e. The van der Waals surface area contributed by atoms with Crippen LogP contribution in [0.5, 0.6) is 0 Å². The van der Waals surface area contributed by atoms with E-state index in [9.17, 15) is 5.26 Å². The Labute approximate surface area is 151 Å². The zero-order valence-electron chi connectivity index (χ0n) is 14.3. The second-order valence-electron chi connectivity index (χ2n) is 6.55. The van der Waals surface area contributed by atoms with Gasteiger partial charge in [0, 0.05) is 30.1 Å². The summed E-state index contributed by atoms with van der Waals surface area (Å²) in [4.78, 5) is 8.95. The first-order chi connectivity index (χ1) is 12.8. The Morgan fingerprint density at radius 1 is 1.23 bits per heavy atom. The van der Waals surface area contributed by atoms with Crippen LogP contribution in [0.25, 0.3) is 11.4 Å². The van der Waals surface area contributed by atoms with Crippen molar-refractivity contribution in [2.45, 2.75) is 31.7 Å². The first kappa shape index (κ1) is 16.4. The molecule has 0 saturated heterocycles. The number of benzene rings is 1. The Balaban J connectivity index is 1.66. The van der Waals surface area contributed by atoms with Gasteiger partial charge in [-0.05, 0) is 55.1 Å². The second kappa shape index (κ2) is 7.02. The molecule has 0 unspecified atom stereocenters. The molecule has 1 aliphatic rings. The lowest BCUT2D eigenvalue weighted by molar-refractivity contribution is 0.649. The molecular weight excluding hydrogens is 326 g/mol. The fraction of sp³-hybridized carbons (Fsp3) is 0.316. The van der Waals surface area contributed by atoms with E-state index in [4.69, 9.17) is 5.73 Å². The van der Waals surface area contributed by atoms with Crippen LogP contribution < -0.4 is 5.73 Å². The normalized spacial score (nSPS) is 13.5. The van der Waals surface area contributed by atoms with Gasteiger partial charge in [-0.25, -0.2) is 14.6 Å². The van der Waals surface area contributed by atoms with Gasteiger partial charge in [-0.15, -0.1) is 5.10 Å². The summed E-state index contributed by atoms with van der Waals surface area (Å²) in [6.07, 6.45) is 8.73. The molecule has 1 aromatic carbocycles. The fourth-order valence-electron chi connectivity index (χ4n) is 2.93. The van der Waals surface area contributed by atoms with Crippen molar-refractivity contribution in [1.82, 2.24) is 25.0 Å². The number of hydrogen-bond donors (Lipinski definition) is 1. The average molecular weight is 345 g/mol. The molecule has 26 heavy (non-hydrogen) atoms. The van der Waals surface area contributed by atoms with Crippen molar-refractivity contribution < 1.29 is 0 Å². The highest BCUT2D eigenvalue weighted by Crippen LogP contribution is 2.38. The van der Waals surface area contributed by atoms with Crippen molar-refractivity contribution in [3.8, 4) is 17.5 Å². The first-order valence-corrected chi connectivity index (χ1v) is 8.71. The fourth-order valence-corrected chi connectivity index (χ4v) is 2.93. The van der Waals surface area contributed by atoms with E-state index < -0.39 is 0 Å². The van der Waals surface area contributed by atoms with Crippen molar-refractivity contribution in [3.05, 3.63) is 59.2 Å². The Hall–Kier alpha value is -3.11. The van der Waals surface area contributed by atoms with Crippen molar-refractivity contribution in [1.29, 1.82) is 5.26 Å². The lowest BCUT2D eigenvalue weighted by Gasteiger charge is -2.09. The molecule has 130 valence electrons. The van der Waals surface area contributed by atoms with E-state index in [1.807, 2.05) is 23.0 Å². The van der Waals surface area contributed by atoms with Crippen LogP contribution in [0.3, 0.4) is 0 Å². The van der Waals surface area contributed by atoms with E-state index in [0.29, 0.717) is 30.4 Å². The van der Waals surface area contributed by atoms with E-state index in [0.717, 1.165) is 28.8 Å². The van der Waals surface area contributed by atoms with Crippen LogP contribution in [0.2, 0.25) is 0 Å². The molecule has 0 spiro atoms. The van der Waals surface area contributed by atoms with E-state index in [1.54, 1.807) is 18.5 Å². The average Bonchev–Trinajstić information content (AvgIpc) is 3.42. The van der Waals surface area contributed by atoms with Crippen LogP contribution in [0.1, 0.15) is 41.1 Å². The summed E-state index contributed by atoms with van der Waals surface area (Å²) >= 11 is 0. The third kappa shape index (κ3) is 3.46.